The molecule has 0 fully saturated rings. The smallest absolute Gasteiger partial charge is 0.309 e. The Hall–Kier alpha value is -0.690. The van der Waals surface area contributed by atoms with Gasteiger partial charge in [0.15, 0.2) is 5.03 Å². The van der Waals surface area contributed by atoms with Crippen molar-refractivity contribution in [3.63, 3.8) is 0 Å². The Labute approximate surface area is 113 Å². The molecule has 0 saturated carbocycles. The number of pyridine rings is 1. The maximum Gasteiger partial charge on any atom is 0.312 e. The van der Waals surface area contributed by atoms with Crippen LogP contribution in [-0.4, -0.2) is 24.0 Å². The molecule has 7 heteroatoms. The minimum Gasteiger partial charge on any atom is -0.309 e. The summed E-state index contributed by atoms with van der Waals surface area (Å²) in [4.78, 5) is 4.04. The Morgan fingerprint density at radius 3 is 2.83 bits per heavy atom. The molecule has 1 aromatic rings. The summed E-state index contributed by atoms with van der Waals surface area (Å²) in [7, 11) is -4.20. The summed E-state index contributed by atoms with van der Waals surface area (Å²) >= 11 is 0. The van der Waals surface area contributed by atoms with E-state index >= 15 is 0 Å². The van der Waals surface area contributed by atoms with E-state index in [2.05, 4.69) is 17.2 Å². The first-order chi connectivity index (χ1) is 8.00. The Morgan fingerprint density at radius 1 is 1.50 bits per heavy atom. The molecule has 5 nitrogen and oxygen atoms in total. The van der Waals surface area contributed by atoms with E-state index in [4.69, 9.17) is 4.55 Å². The topological polar surface area (TPSA) is 79.3 Å². The number of hydrogen-bond donors (Lipinski definition) is 2. The van der Waals surface area contributed by atoms with Crippen molar-refractivity contribution in [2.75, 3.05) is 0 Å². The van der Waals surface area contributed by atoms with Crippen LogP contribution in [0.25, 0.3) is 0 Å². The SMILES string of the molecule is CCCC1Cc2nc(S(=O)(=O)O)ccc2CN1.Cl. The van der Waals surface area contributed by atoms with E-state index in [1.165, 1.54) is 6.07 Å². The standard InChI is InChI=1S/C11H16N2O3S.ClH/c1-2-3-9-6-10-8(7-12-9)4-5-11(13-10)17(14,15)16;/h4-5,9,12H,2-3,6-7H2,1H3,(H,14,15,16);1H. The number of fused-ring (bicyclic) bond motifs is 1. The van der Waals surface area contributed by atoms with E-state index in [0.29, 0.717) is 19.0 Å². The molecule has 0 spiro atoms. The molecule has 0 bridgehead atoms. The second-order valence-electron chi connectivity index (χ2n) is 4.30. The minimum absolute atomic E-state index is 0. The fraction of sp³-hybridized carbons (Fsp3) is 0.545. The van der Waals surface area contributed by atoms with Crippen molar-refractivity contribution < 1.29 is 13.0 Å². The van der Waals surface area contributed by atoms with Gasteiger partial charge in [-0.05, 0) is 18.1 Å². The molecule has 102 valence electrons. The molecule has 1 aromatic heterocycles. The predicted molar refractivity (Wildman–Crippen MR) is 70.5 cm³/mol. The molecule has 2 N–H and O–H groups in total. The maximum atomic E-state index is 11.0. The van der Waals surface area contributed by atoms with Crippen LogP contribution in [0.4, 0.5) is 0 Å². The third kappa shape index (κ3) is 3.41. The highest BCUT2D eigenvalue weighted by molar-refractivity contribution is 7.85. The van der Waals surface area contributed by atoms with Crippen LogP contribution in [0.1, 0.15) is 31.0 Å². The molecule has 0 radical (unpaired) electrons. The first kappa shape index (κ1) is 15.4. The molecule has 18 heavy (non-hydrogen) atoms. The summed E-state index contributed by atoms with van der Waals surface area (Å²) in [5.41, 5.74) is 1.78. The fourth-order valence-electron chi connectivity index (χ4n) is 2.10. The van der Waals surface area contributed by atoms with Gasteiger partial charge in [0.25, 0.3) is 0 Å². The summed E-state index contributed by atoms with van der Waals surface area (Å²) in [6, 6.07) is 3.40. The van der Waals surface area contributed by atoms with Gasteiger partial charge in [0.1, 0.15) is 0 Å². The van der Waals surface area contributed by atoms with Crippen LogP contribution in [0.2, 0.25) is 0 Å². The van der Waals surface area contributed by atoms with Crippen LogP contribution in [0, 0.1) is 0 Å². The lowest BCUT2D eigenvalue weighted by Crippen LogP contribution is -2.36. The van der Waals surface area contributed by atoms with E-state index in [9.17, 15) is 8.42 Å². The predicted octanol–water partition coefficient (Wildman–Crippen LogP) is 1.56. The van der Waals surface area contributed by atoms with Gasteiger partial charge < -0.3 is 5.32 Å². The summed E-state index contributed by atoms with van der Waals surface area (Å²) in [5.74, 6) is 0. The molecule has 1 aliphatic heterocycles. The highest BCUT2D eigenvalue weighted by Gasteiger charge is 2.21. The molecular weight excluding hydrogens is 276 g/mol. The van der Waals surface area contributed by atoms with E-state index in [-0.39, 0.29) is 17.4 Å². The van der Waals surface area contributed by atoms with Gasteiger partial charge in [-0.2, -0.15) is 8.42 Å². The van der Waals surface area contributed by atoms with Crippen molar-refractivity contribution in [1.29, 1.82) is 0 Å². The highest BCUT2D eigenvalue weighted by atomic mass is 35.5. The maximum absolute atomic E-state index is 11.0. The summed E-state index contributed by atoms with van der Waals surface area (Å²) in [6.45, 7) is 2.82. The van der Waals surface area contributed by atoms with Crippen LogP contribution >= 0.6 is 12.4 Å². The Bertz CT molecular complexity index is 519. The van der Waals surface area contributed by atoms with Gasteiger partial charge in [0.05, 0.1) is 0 Å². The minimum atomic E-state index is -4.20. The monoisotopic (exact) mass is 292 g/mol. The number of nitrogens with one attached hydrogen (secondary N) is 1. The number of hydrogen-bond acceptors (Lipinski definition) is 4. The molecule has 0 saturated heterocycles. The lowest BCUT2D eigenvalue weighted by molar-refractivity contribution is 0.437. The quantitative estimate of drug-likeness (QED) is 0.827. The van der Waals surface area contributed by atoms with E-state index in [1.54, 1.807) is 6.07 Å². The lowest BCUT2D eigenvalue weighted by atomic mass is 9.98. The van der Waals surface area contributed by atoms with Crippen molar-refractivity contribution in [3.05, 3.63) is 23.4 Å². The van der Waals surface area contributed by atoms with Crippen molar-refractivity contribution in [2.24, 2.45) is 0 Å². The normalized spacial score (nSPS) is 18.9. The van der Waals surface area contributed by atoms with Crippen molar-refractivity contribution in [2.45, 2.75) is 43.8 Å². The Morgan fingerprint density at radius 2 is 2.22 bits per heavy atom. The van der Waals surface area contributed by atoms with Gasteiger partial charge >= 0.3 is 10.1 Å². The average molecular weight is 293 g/mol. The number of nitrogens with zero attached hydrogens (tertiary/aromatic N) is 1. The molecule has 1 unspecified atom stereocenters. The molecule has 0 aromatic carbocycles. The molecule has 0 aliphatic carbocycles. The van der Waals surface area contributed by atoms with Crippen LogP contribution in [-0.2, 0) is 23.1 Å². The van der Waals surface area contributed by atoms with Gasteiger partial charge in [-0.1, -0.05) is 19.4 Å². The van der Waals surface area contributed by atoms with Crippen molar-refractivity contribution in [3.8, 4) is 0 Å². The van der Waals surface area contributed by atoms with Crippen molar-refractivity contribution >= 4 is 22.5 Å². The number of halogens is 1. The molecular formula is C11H17ClN2O3S. The second kappa shape index (κ2) is 5.97. The zero-order valence-electron chi connectivity index (χ0n) is 10.1. The van der Waals surface area contributed by atoms with E-state index in [1.807, 2.05) is 0 Å². The summed E-state index contributed by atoms with van der Waals surface area (Å²) in [6.07, 6.45) is 2.83. The number of rotatable bonds is 3. The van der Waals surface area contributed by atoms with Crippen LogP contribution < -0.4 is 5.32 Å². The van der Waals surface area contributed by atoms with E-state index < -0.39 is 10.1 Å². The molecule has 2 heterocycles. The Kier molecular flexibility index (Phi) is 5.10. The first-order valence-electron chi connectivity index (χ1n) is 5.70. The van der Waals surface area contributed by atoms with Crippen LogP contribution in [0.15, 0.2) is 17.2 Å². The van der Waals surface area contributed by atoms with Gasteiger partial charge in [0, 0.05) is 24.7 Å². The van der Waals surface area contributed by atoms with Crippen LogP contribution in [0.5, 0.6) is 0 Å². The van der Waals surface area contributed by atoms with Gasteiger partial charge in [-0.25, -0.2) is 4.98 Å². The van der Waals surface area contributed by atoms with Gasteiger partial charge in [-0.3, -0.25) is 4.55 Å². The summed E-state index contributed by atoms with van der Waals surface area (Å²) in [5, 5.41) is 3.13. The third-order valence-corrected chi connectivity index (χ3v) is 3.72. The van der Waals surface area contributed by atoms with Crippen LogP contribution in [0.3, 0.4) is 0 Å². The third-order valence-electron chi connectivity index (χ3n) is 2.97. The number of aromatic nitrogens is 1. The van der Waals surface area contributed by atoms with Gasteiger partial charge in [0.2, 0.25) is 0 Å². The zero-order chi connectivity index (χ0) is 12.5. The lowest BCUT2D eigenvalue weighted by Gasteiger charge is -2.25. The molecule has 2 rings (SSSR count). The fourth-order valence-corrected chi connectivity index (χ4v) is 2.57. The molecule has 1 aliphatic rings. The zero-order valence-corrected chi connectivity index (χ0v) is 11.7. The summed E-state index contributed by atoms with van der Waals surface area (Å²) < 4.78 is 31.0. The second-order valence-corrected chi connectivity index (χ2v) is 5.67. The van der Waals surface area contributed by atoms with Gasteiger partial charge in [-0.15, -0.1) is 12.4 Å². The molecule has 0 amide bonds. The van der Waals surface area contributed by atoms with Crippen molar-refractivity contribution in [1.82, 2.24) is 10.3 Å². The molecule has 1 atom stereocenters. The average Bonchev–Trinajstić information content (AvgIpc) is 2.27. The highest BCUT2D eigenvalue weighted by Crippen LogP contribution is 2.19. The van der Waals surface area contributed by atoms with E-state index in [0.717, 1.165) is 24.1 Å². The Balaban J connectivity index is 0.00000162. The first-order valence-corrected chi connectivity index (χ1v) is 7.14. The largest absolute Gasteiger partial charge is 0.312 e.